The van der Waals surface area contributed by atoms with Gasteiger partial charge in [-0.05, 0) is 18.3 Å². The SMILES string of the molecule is N#Cc1c(-c2ccccc2C(F)(F)F)[nH]c(=S)[nH]c1=O. The van der Waals surface area contributed by atoms with Gasteiger partial charge in [0.25, 0.3) is 5.56 Å². The molecule has 1 aromatic carbocycles. The van der Waals surface area contributed by atoms with Crippen molar-refractivity contribution in [3.05, 3.63) is 50.5 Å². The van der Waals surface area contributed by atoms with Crippen LogP contribution in [0.3, 0.4) is 0 Å². The molecular formula is C12H6F3N3OS. The lowest BCUT2D eigenvalue weighted by atomic mass is 10.0. The first-order valence-electron chi connectivity index (χ1n) is 5.28. The summed E-state index contributed by atoms with van der Waals surface area (Å²) in [4.78, 5) is 16.2. The minimum absolute atomic E-state index is 0.152. The molecule has 1 aromatic heterocycles. The Morgan fingerprint density at radius 1 is 1.20 bits per heavy atom. The third kappa shape index (κ3) is 2.48. The normalized spacial score (nSPS) is 11.1. The lowest BCUT2D eigenvalue weighted by molar-refractivity contribution is -0.137. The maximum atomic E-state index is 13.0. The molecule has 2 rings (SSSR count). The van der Waals surface area contributed by atoms with E-state index in [0.29, 0.717) is 0 Å². The van der Waals surface area contributed by atoms with Gasteiger partial charge >= 0.3 is 6.18 Å². The van der Waals surface area contributed by atoms with Crippen LogP contribution in [-0.2, 0) is 6.18 Å². The zero-order chi connectivity index (χ0) is 14.9. The molecule has 8 heteroatoms. The molecule has 0 atom stereocenters. The van der Waals surface area contributed by atoms with E-state index in [2.05, 4.69) is 9.97 Å². The molecule has 0 amide bonds. The summed E-state index contributed by atoms with van der Waals surface area (Å²) in [6, 6.07) is 6.22. The molecule has 2 aromatic rings. The molecule has 0 radical (unpaired) electrons. The molecular weight excluding hydrogens is 291 g/mol. The van der Waals surface area contributed by atoms with Gasteiger partial charge in [0.15, 0.2) is 4.77 Å². The molecule has 0 saturated heterocycles. The second-order valence-electron chi connectivity index (χ2n) is 3.81. The van der Waals surface area contributed by atoms with Crippen molar-refractivity contribution < 1.29 is 13.2 Å². The smallest absolute Gasteiger partial charge is 0.331 e. The molecule has 4 nitrogen and oxygen atoms in total. The average molecular weight is 297 g/mol. The molecule has 2 N–H and O–H groups in total. The van der Waals surface area contributed by atoms with Crippen LogP contribution < -0.4 is 5.56 Å². The number of benzene rings is 1. The Morgan fingerprint density at radius 3 is 2.45 bits per heavy atom. The highest BCUT2D eigenvalue weighted by Gasteiger charge is 2.34. The van der Waals surface area contributed by atoms with Gasteiger partial charge in [-0.25, -0.2) is 0 Å². The zero-order valence-electron chi connectivity index (χ0n) is 9.71. The second kappa shape index (κ2) is 4.94. The van der Waals surface area contributed by atoms with Gasteiger partial charge in [0.05, 0.1) is 11.3 Å². The Hall–Kier alpha value is -2.40. The Kier molecular flexibility index (Phi) is 3.46. The predicted molar refractivity (Wildman–Crippen MR) is 67.4 cm³/mol. The second-order valence-corrected chi connectivity index (χ2v) is 4.22. The van der Waals surface area contributed by atoms with Gasteiger partial charge in [0.1, 0.15) is 11.6 Å². The highest BCUT2D eigenvalue weighted by atomic mass is 32.1. The van der Waals surface area contributed by atoms with E-state index in [0.717, 1.165) is 6.07 Å². The zero-order valence-corrected chi connectivity index (χ0v) is 10.5. The minimum Gasteiger partial charge on any atom is -0.331 e. The maximum Gasteiger partial charge on any atom is 0.417 e. The quantitative estimate of drug-likeness (QED) is 0.795. The van der Waals surface area contributed by atoms with E-state index in [4.69, 9.17) is 17.5 Å². The molecule has 102 valence electrons. The van der Waals surface area contributed by atoms with E-state index in [1.54, 1.807) is 6.07 Å². The van der Waals surface area contributed by atoms with E-state index in [1.807, 2.05) is 0 Å². The number of halogens is 3. The van der Waals surface area contributed by atoms with Gasteiger partial charge in [-0.1, -0.05) is 18.2 Å². The number of nitrogens with zero attached hydrogens (tertiary/aromatic N) is 1. The fraction of sp³-hybridized carbons (Fsp3) is 0.0833. The lowest BCUT2D eigenvalue weighted by Crippen LogP contribution is -2.15. The van der Waals surface area contributed by atoms with E-state index in [-0.39, 0.29) is 16.0 Å². The standard InChI is InChI=1S/C12H6F3N3OS/c13-12(14,15)8-4-2-1-3-6(8)9-7(5-16)10(19)18-11(20)17-9/h1-4H,(H2,17,18,19,20). The summed E-state index contributed by atoms with van der Waals surface area (Å²) in [5.74, 6) is 0. The van der Waals surface area contributed by atoms with Crippen LogP contribution in [0.15, 0.2) is 29.1 Å². The fourth-order valence-corrected chi connectivity index (χ4v) is 1.94. The van der Waals surface area contributed by atoms with E-state index in [9.17, 15) is 18.0 Å². The number of alkyl halides is 3. The van der Waals surface area contributed by atoms with Crippen molar-refractivity contribution in [2.45, 2.75) is 6.18 Å². The van der Waals surface area contributed by atoms with Crippen molar-refractivity contribution in [1.82, 2.24) is 9.97 Å². The third-order valence-corrected chi connectivity index (χ3v) is 2.76. The average Bonchev–Trinajstić information content (AvgIpc) is 2.37. The highest BCUT2D eigenvalue weighted by Crippen LogP contribution is 2.36. The topological polar surface area (TPSA) is 72.4 Å². The van der Waals surface area contributed by atoms with Gasteiger partial charge in [-0.3, -0.25) is 9.78 Å². The van der Waals surface area contributed by atoms with Crippen LogP contribution in [0, 0.1) is 16.1 Å². The monoisotopic (exact) mass is 297 g/mol. The van der Waals surface area contributed by atoms with Crippen LogP contribution in [0.5, 0.6) is 0 Å². The fourth-order valence-electron chi connectivity index (χ4n) is 1.74. The number of aromatic amines is 2. The predicted octanol–water partition coefficient (Wildman–Crippen LogP) is 2.99. The van der Waals surface area contributed by atoms with Crippen molar-refractivity contribution in [2.75, 3.05) is 0 Å². The maximum absolute atomic E-state index is 13.0. The van der Waals surface area contributed by atoms with Crippen LogP contribution in [0.2, 0.25) is 0 Å². The van der Waals surface area contributed by atoms with Gasteiger partial charge in [-0.2, -0.15) is 18.4 Å². The molecule has 0 saturated carbocycles. The Morgan fingerprint density at radius 2 is 1.85 bits per heavy atom. The number of hydrogen-bond donors (Lipinski definition) is 2. The van der Waals surface area contributed by atoms with Crippen molar-refractivity contribution >= 4 is 12.2 Å². The molecule has 0 spiro atoms. The van der Waals surface area contributed by atoms with Crippen LogP contribution in [0.4, 0.5) is 13.2 Å². The van der Waals surface area contributed by atoms with Crippen LogP contribution >= 0.6 is 12.2 Å². The first kappa shape index (κ1) is 14.0. The molecule has 0 unspecified atom stereocenters. The summed E-state index contributed by atoms with van der Waals surface area (Å²) < 4.78 is 38.7. The van der Waals surface area contributed by atoms with Crippen molar-refractivity contribution in [3.8, 4) is 17.3 Å². The van der Waals surface area contributed by atoms with Gasteiger partial charge in [-0.15, -0.1) is 0 Å². The molecule has 1 heterocycles. The number of nitrogens with one attached hydrogen (secondary N) is 2. The summed E-state index contributed by atoms with van der Waals surface area (Å²) in [7, 11) is 0. The summed E-state index contributed by atoms with van der Waals surface area (Å²) in [5.41, 5.74) is -2.77. The molecule has 0 aliphatic rings. The van der Waals surface area contributed by atoms with Crippen molar-refractivity contribution in [3.63, 3.8) is 0 Å². The summed E-state index contributed by atoms with van der Waals surface area (Å²) in [5, 5.41) is 8.94. The molecule has 0 aliphatic carbocycles. The van der Waals surface area contributed by atoms with E-state index in [1.165, 1.54) is 18.2 Å². The van der Waals surface area contributed by atoms with Gasteiger partial charge < -0.3 is 4.98 Å². The first-order valence-corrected chi connectivity index (χ1v) is 5.68. The number of H-pyrrole nitrogens is 2. The van der Waals surface area contributed by atoms with E-state index < -0.39 is 22.9 Å². The summed E-state index contributed by atoms with van der Waals surface area (Å²) in [6.45, 7) is 0. The summed E-state index contributed by atoms with van der Waals surface area (Å²) in [6.07, 6.45) is -4.61. The number of hydrogen-bond acceptors (Lipinski definition) is 3. The minimum atomic E-state index is -4.61. The summed E-state index contributed by atoms with van der Waals surface area (Å²) >= 11 is 4.73. The Balaban J connectivity index is 2.87. The molecule has 0 fully saturated rings. The van der Waals surface area contributed by atoms with Crippen LogP contribution in [0.1, 0.15) is 11.1 Å². The number of aromatic nitrogens is 2. The van der Waals surface area contributed by atoms with E-state index >= 15 is 0 Å². The first-order chi connectivity index (χ1) is 9.34. The number of nitriles is 1. The molecule has 0 aliphatic heterocycles. The highest BCUT2D eigenvalue weighted by molar-refractivity contribution is 7.71. The Labute approximate surface area is 115 Å². The van der Waals surface area contributed by atoms with Gasteiger partial charge in [0, 0.05) is 5.56 Å². The number of rotatable bonds is 1. The van der Waals surface area contributed by atoms with Crippen LogP contribution in [-0.4, -0.2) is 9.97 Å². The van der Waals surface area contributed by atoms with Crippen molar-refractivity contribution in [1.29, 1.82) is 5.26 Å². The van der Waals surface area contributed by atoms with Crippen LogP contribution in [0.25, 0.3) is 11.3 Å². The van der Waals surface area contributed by atoms with Crippen molar-refractivity contribution in [2.24, 2.45) is 0 Å². The molecule has 20 heavy (non-hydrogen) atoms. The lowest BCUT2D eigenvalue weighted by Gasteiger charge is -2.13. The largest absolute Gasteiger partial charge is 0.417 e. The third-order valence-electron chi connectivity index (χ3n) is 2.56. The molecule has 0 bridgehead atoms. The van der Waals surface area contributed by atoms with Gasteiger partial charge in [0.2, 0.25) is 0 Å². The Bertz CT molecular complexity index is 814.